The molecule has 0 aliphatic rings. The summed E-state index contributed by atoms with van der Waals surface area (Å²) in [6.45, 7) is 2.80. The third-order valence-electron chi connectivity index (χ3n) is 2.94. The van der Waals surface area contributed by atoms with Crippen LogP contribution in [0.2, 0.25) is 0 Å². The van der Waals surface area contributed by atoms with Crippen LogP contribution in [0.25, 0.3) is 10.8 Å². The van der Waals surface area contributed by atoms with Gasteiger partial charge in [0.05, 0.1) is 10.2 Å². The highest BCUT2D eigenvalue weighted by molar-refractivity contribution is 14.1. The number of nitrogens with one attached hydrogen (secondary N) is 1. The highest BCUT2D eigenvalue weighted by Gasteiger charge is 2.38. The molecule has 0 aliphatic heterocycles. The zero-order chi connectivity index (χ0) is 19.2. The summed E-state index contributed by atoms with van der Waals surface area (Å²) in [5.41, 5.74) is 6.27. The van der Waals surface area contributed by atoms with Crippen molar-refractivity contribution in [2.45, 2.75) is 19.5 Å². The fourth-order valence-electron chi connectivity index (χ4n) is 1.75. The topological polar surface area (TPSA) is 96.4 Å². The highest BCUT2D eigenvalue weighted by atomic mass is 127. The summed E-state index contributed by atoms with van der Waals surface area (Å²) in [5, 5.41) is 16.8. The van der Waals surface area contributed by atoms with Gasteiger partial charge in [-0.15, -0.1) is 0 Å². The Bertz CT molecular complexity index is 779. The van der Waals surface area contributed by atoms with Gasteiger partial charge in [-0.25, -0.2) is 4.79 Å². The van der Waals surface area contributed by atoms with Crippen LogP contribution in [-0.2, 0) is 4.79 Å². The van der Waals surface area contributed by atoms with Crippen molar-refractivity contribution in [1.82, 2.24) is 0 Å². The maximum absolute atomic E-state index is 10.6. The molecule has 0 saturated heterocycles. The summed E-state index contributed by atoms with van der Waals surface area (Å²) in [4.78, 5) is 8.90. The maximum atomic E-state index is 10.6. The Hall–Kier alpha value is -2.04. The van der Waals surface area contributed by atoms with E-state index >= 15 is 0 Å². The molecule has 9 heteroatoms. The fourth-order valence-corrected chi connectivity index (χ4v) is 2.56. The Morgan fingerprint density at radius 2 is 1.88 bits per heavy atom. The highest BCUT2D eigenvalue weighted by Crippen LogP contribution is 2.30. The number of carboxylic acids is 1. The van der Waals surface area contributed by atoms with Crippen molar-refractivity contribution < 1.29 is 27.8 Å². The van der Waals surface area contributed by atoms with Crippen LogP contribution in [0.3, 0.4) is 0 Å². The van der Waals surface area contributed by atoms with E-state index in [0.29, 0.717) is 6.61 Å². The van der Waals surface area contributed by atoms with Gasteiger partial charge in [-0.1, -0.05) is 25.1 Å². The minimum Gasteiger partial charge on any atom is -0.492 e. The van der Waals surface area contributed by atoms with Gasteiger partial charge in [0, 0.05) is 5.56 Å². The predicted molar refractivity (Wildman–Crippen MR) is 97.2 cm³/mol. The van der Waals surface area contributed by atoms with E-state index in [4.69, 9.17) is 25.8 Å². The number of fused-ring (bicyclic) bond motifs is 1. The maximum Gasteiger partial charge on any atom is 0.490 e. The summed E-state index contributed by atoms with van der Waals surface area (Å²) in [5.74, 6) is -1.77. The van der Waals surface area contributed by atoms with E-state index in [-0.39, 0.29) is 5.84 Å². The number of nitrogen functional groups attached to an aromatic ring is 1. The summed E-state index contributed by atoms with van der Waals surface area (Å²) in [7, 11) is 0. The van der Waals surface area contributed by atoms with Crippen molar-refractivity contribution >= 4 is 45.2 Å². The molecule has 0 atom stereocenters. The third kappa shape index (κ3) is 6.07. The molecule has 0 bridgehead atoms. The van der Waals surface area contributed by atoms with Gasteiger partial charge in [-0.05, 0) is 51.9 Å². The summed E-state index contributed by atoms with van der Waals surface area (Å²) in [6.07, 6.45) is -4.10. The lowest BCUT2D eigenvalue weighted by molar-refractivity contribution is -0.192. The van der Waals surface area contributed by atoms with Crippen LogP contribution >= 0.6 is 22.6 Å². The second-order valence-electron chi connectivity index (χ2n) is 4.88. The SMILES string of the molecule is CCCOc1ccc2ccc(C(=N)N)cc2c1I.O=C(O)C(F)(F)F. The Balaban J connectivity index is 0.000000381. The van der Waals surface area contributed by atoms with E-state index < -0.39 is 12.1 Å². The number of halogens is 4. The van der Waals surface area contributed by atoms with E-state index in [1.807, 2.05) is 30.3 Å². The first-order valence-electron chi connectivity index (χ1n) is 7.07. The number of nitrogens with two attached hydrogens (primary N) is 1. The molecule has 2 aromatic rings. The Kier molecular flexibility index (Phi) is 7.46. The lowest BCUT2D eigenvalue weighted by Crippen LogP contribution is -2.21. The van der Waals surface area contributed by atoms with Crippen LogP contribution in [0.15, 0.2) is 30.3 Å². The van der Waals surface area contributed by atoms with E-state index in [1.165, 1.54) is 0 Å². The standard InChI is InChI=1S/C14H15IN2O.C2HF3O2/c1-2-7-18-12-6-5-9-3-4-10(14(16)17)8-11(9)13(12)15;3-2(4,5)1(6)7/h3-6,8H,2,7H2,1H3,(H3,16,17);(H,6,7). The number of aliphatic carboxylic acids is 1. The average Bonchev–Trinajstić information content (AvgIpc) is 2.53. The lowest BCUT2D eigenvalue weighted by atomic mass is 10.1. The number of alkyl halides is 3. The minimum absolute atomic E-state index is 0.0904. The molecule has 2 rings (SSSR count). The first kappa shape index (κ1) is 21.0. The second-order valence-corrected chi connectivity index (χ2v) is 5.96. The normalized spacial score (nSPS) is 10.8. The molecule has 0 spiro atoms. The first-order chi connectivity index (χ1) is 11.6. The Labute approximate surface area is 155 Å². The zero-order valence-electron chi connectivity index (χ0n) is 13.2. The van der Waals surface area contributed by atoms with Crippen molar-refractivity contribution in [3.8, 4) is 5.75 Å². The predicted octanol–water partition coefficient (Wildman–Crippen LogP) is 4.15. The number of carboxylic acid groups (broad SMARTS) is 1. The molecule has 0 amide bonds. The molecule has 0 heterocycles. The van der Waals surface area contributed by atoms with E-state index in [2.05, 4.69) is 29.5 Å². The van der Waals surface area contributed by atoms with Crippen molar-refractivity contribution in [3.05, 3.63) is 39.5 Å². The van der Waals surface area contributed by atoms with Gasteiger partial charge >= 0.3 is 12.1 Å². The molecule has 0 aliphatic carbocycles. The number of amidine groups is 1. The zero-order valence-corrected chi connectivity index (χ0v) is 15.3. The number of carbonyl (C=O) groups is 1. The number of ether oxygens (including phenoxy) is 1. The van der Waals surface area contributed by atoms with Gasteiger partial charge in [-0.3, -0.25) is 5.41 Å². The number of rotatable bonds is 4. The van der Waals surface area contributed by atoms with E-state index in [9.17, 15) is 13.2 Å². The molecule has 0 saturated carbocycles. The molecular formula is C16H16F3IN2O3. The number of hydrogen-bond donors (Lipinski definition) is 3. The summed E-state index contributed by atoms with van der Waals surface area (Å²) < 4.78 is 38.5. The van der Waals surface area contributed by atoms with Crippen molar-refractivity contribution in [2.24, 2.45) is 5.73 Å². The summed E-state index contributed by atoms with van der Waals surface area (Å²) in [6, 6.07) is 9.82. The smallest absolute Gasteiger partial charge is 0.490 e. The second kappa shape index (κ2) is 8.88. The number of benzene rings is 2. The quantitative estimate of drug-likeness (QED) is 0.357. The molecule has 0 unspecified atom stereocenters. The minimum atomic E-state index is -5.08. The monoisotopic (exact) mass is 468 g/mol. The third-order valence-corrected chi connectivity index (χ3v) is 4.05. The molecule has 2 aromatic carbocycles. The van der Waals surface area contributed by atoms with Gasteiger partial charge in [0.25, 0.3) is 0 Å². The van der Waals surface area contributed by atoms with Crippen LogP contribution in [0, 0.1) is 8.98 Å². The van der Waals surface area contributed by atoms with Crippen LogP contribution in [0.1, 0.15) is 18.9 Å². The number of hydrogen-bond acceptors (Lipinski definition) is 3. The van der Waals surface area contributed by atoms with Crippen LogP contribution < -0.4 is 10.5 Å². The largest absolute Gasteiger partial charge is 0.492 e. The molecule has 0 radical (unpaired) electrons. The molecule has 5 nitrogen and oxygen atoms in total. The lowest BCUT2D eigenvalue weighted by Gasteiger charge is -2.10. The molecular weight excluding hydrogens is 452 g/mol. The van der Waals surface area contributed by atoms with Gasteiger partial charge < -0.3 is 15.6 Å². The van der Waals surface area contributed by atoms with Gasteiger partial charge in [0.15, 0.2) is 0 Å². The van der Waals surface area contributed by atoms with E-state index in [1.54, 1.807) is 0 Å². The molecule has 4 N–H and O–H groups in total. The molecule has 25 heavy (non-hydrogen) atoms. The van der Waals surface area contributed by atoms with Gasteiger partial charge in [0.2, 0.25) is 0 Å². The first-order valence-corrected chi connectivity index (χ1v) is 8.15. The fraction of sp³-hybridized carbons (Fsp3) is 0.250. The molecule has 0 fully saturated rings. The molecule has 136 valence electrons. The Morgan fingerprint density at radius 1 is 1.32 bits per heavy atom. The van der Waals surface area contributed by atoms with Gasteiger partial charge in [0.1, 0.15) is 11.6 Å². The average molecular weight is 468 g/mol. The van der Waals surface area contributed by atoms with E-state index in [0.717, 1.165) is 32.1 Å². The Morgan fingerprint density at radius 3 is 2.36 bits per heavy atom. The van der Waals surface area contributed by atoms with Crippen LogP contribution in [0.5, 0.6) is 5.75 Å². The van der Waals surface area contributed by atoms with Crippen molar-refractivity contribution in [3.63, 3.8) is 0 Å². The van der Waals surface area contributed by atoms with Crippen molar-refractivity contribution in [1.29, 1.82) is 5.41 Å². The molecule has 0 aromatic heterocycles. The van der Waals surface area contributed by atoms with Gasteiger partial charge in [-0.2, -0.15) is 13.2 Å². The van der Waals surface area contributed by atoms with Crippen LogP contribution in [0.4, 0.5) is 13.2 Å². The van der Waals surface area contributed by atoms with Crippen molar-refractivity contribution in [2.75, 3.05) is 6.61 Å². The summed E-state index contributed by atoms with van der Waals surface area (Å²) >= 11 is 2.28. The van der Waals surface area contributed by atoms with Crippen LogP contribution in [-0.4, -0.2) is 29.7 Å².